The van der Waals surface area contributed by atoms with Crippen molar-refractivity contribution >= 4 is 40.2 Å². The summed E-state index contributed by atoms with van der Waals surface area (Å²) in [5, 5.41) is 5.29. The number of amides is 2. The lowest BCUT2D eigenvalue weighted by Gasteiger charge is -2.18. The van der Waals surface area contributed by atoms with Gasteiger partial charge in [0, 0.05) is 52.9 Å². The van der Waals surface area contributed by atoms with E-state index in [0.717, 1.165) is 28.2 Å². The number of hydrogen-bond donors (Lipinski definition) is 2. The minimum Gasteiger partial charge on any atom is -0.348 e. The molecule has 1 aliphatic carbocycles. The number of pyridine rings is 1. The van der Waals surface area contributed by atoms with E-state index in [2.05, 4.69) is 15.6 Å². The number of nitrogens with zero attached hydrogens (tertiary/aromatic N) is 1. The van der Waals surface area contributed by atoms with Gasteiger partial charge in [0.2, 0.25) is 5.91 Å². The number of aromatic nitrogens is 1. The van der Waals surface area contributed by atoms with Crippen molar-refractivity contribution in [2.75, 3.05) is 11.9 Å². The van der Waals surface area contributed by atoms with Crippen molar-refractivity contribution in [1.29, 1.82) is 0 Å². The Kier molecular flexibility index (Phi) is 6.63. The van der Waals surface area contributed by atoms with E-state index in [9.17, 15) is 18.4 Å². The third-order valence-corrected chi connectivity index (χ3v) is 4.23. The van der Waals surface area contributed by atoms with Gasteiger partial charge in [-0.05, 0) is 25.0 Å². The minimum absolute atomic E-state index is 0.0305. The predicted molar refractivity (Wildman–Crippen MR) is 99.9 cm³/mol. The van der Waals surface area contributed by atoms with Crippen LogP contribution < -0.4 is 10.6 Å². The lowest BCUT2D eigenvalue weighted by molar-refractivity contribution is -0.115. The maximum atomic E-state index is 13.4. The van der Waals surface area contributed by atoms with Gasteiger partial charge in [-0.2, -0.15) is 8.78 Å². The van der Waals surface area contributed by atoms with Crippen LogP contribution in [0.15, 0.2) is 41.6 Å². The number of carbonyl (C=O) groups is 2. The average Bonchev–Trinajstić information content (AvgIpc) is 2.59. The molecule has 0 spiro atoms. The number of allylic oxidation sites excluding steroid dienone is 3. The molecule has 0 saturated heterocycles. The van der Waals surface area contributed by atoms with Gasteiger partial charge in [0.15, 0.2) is 0 Å². The maximum Gasteiger partial charge on any atom is 0.321 e. The van der Waals surface area contributed by atoms with Crippen molar-refractivity contribution in [3.05, 3.63) is 47.2 Å². The molecule has 2 amide bonds. The van der Waals surface area contributed by atoms with Crippen LogP contribution >= 0.6 is 22.6 Å². The summed E-state index contributed by atoms with van der Waals surface area (Å²) in [5.41, 5.74) is 1.06. The van der Waals surface area contributed by atoms with Crippen LogP contribution in [0.25, 0.3) is 0 Å². The Morgan fingerprint density at radius 1 is 1.40 bits per heavy atom. The molecule has 0 bridgehead atoms. The van der Waals surface area contributed by atoms with Crippen molar-refractivity contribution in [3.8, 4) is 0 Å². The molecule has 2 N–H and O–H groups in total. The molecule has 1 aliphatic rings. The monoisotopic (exact) mass is 461 g/mol. The highest BCUT2D eigenvalue weighted by Gasteiger charge is 2.29. The largest absolute Gasteiger partial charge is 0.348 e. The molecule has 0 aliphatic heterocycles. The zero-order valence-corrected chi connectivity index (χ0v) is 15.8. The second-order valence-electron chi connectivity index (χ2n) is 5.51. The van der Waals surface area contributed by atoms with Gasteiger partial charge in [-0.1, -0.05) is 24.6 Å². The standard InChI is InChI=1S/C17H18F2IN3O2/c1-2-15(24)23-14-9-12(6-7-21-14)16(25)22-10-11-4-3-5-13(8-11)17(18,19)20/h5-9H,2-4,10H2,1H3,(H,22,25)(H,21,23,24). The molecular weight excluding hydrogens is 443 g/mol. The molecule has 134 valence electrons. The van der Waals surface area contributed by atoms with Crippen LogP contribution in [0.1, 0.15) is 36.5 Å². The third kappa shape index (κ3) is 5.87. The van der Waals surface area contributed by atoms with E-state index in [0.29, 0.717) is 30.6 Å². The summed E-state index contributed by atoms with van der Waals surface area (Å²) >= 11 is 1.10. The number of rotatable bonds is 6. The average molecular weight is 461 g/mol. The maximum absolute atomic E-state index is 13.4. The van der Waals surface area contributed by atoms with Gasteiger partial charge < -0.3 is 10.6 Å². The van der Waals surface area contributed by atoms with E-state index < -0.39 is 3.93 Å². The van der Waals surface area contributed by atoms with E-state index in [1.165, 1.54) is 30.5 Å². The van der Waals surface area contributed by atoms with Gasteiger partial charge >= 0.3 is 3.93 Å². The Bertz CT molecular complexity index is 727. The Hall–Kier alpha value is -1.84. The summed E-state index contributed by atoms with van der Waals surface area (Å²) in [6.07, 6.45) is 5.85. The van der Waals surface area contributed by atoms with Crippen LogP contribution in [-0.4, -0.2) is 27.3 Å². The van der Waals surface area contributed by atoms with Crippen molar-refractivity contribution in [3.63, 3.8) is 0 Å². The summed E-state index contributed by atoms with van der Waals surface area (Å²) in [7, 11) is 0. The molecule has 0 radical (unpaired) electrons. The van der Waals surface area contributed by atoms with E-state index in [4.69, 9.17) is 0 Å². The van der Waals surface area contributed by atoms with Gasteiger partial charge in [-0.3, -0.25) is 9.59 Å². The normalized spacial score (nSPS) is 14.4. The molecular formula is C17H18F2IN3O2. The highest BCUT2D eigenvalue weighted by Crippen LogP contribution is 2.35. The van der Waals surface area contributed by atoms with Crippen molar-refractivity contribution in [1.82, 2.24) is 10.3 Å². The molecule has 5 nitrogen and oxygen atoms in total. The Morgan fingerprint density at radius 2 is 2.16 bits per heavy atom. The highest BCUT2D eigenvalue weighted by atomic mass is 127. The van der Waals surface area contributed by atoms with Gasteiger partial charge in [0.25, 0.3) is 5.91 Å². The first kappa shape index (κ1) is 19.5. The molecule has 0 unspecified atom stereocenters. The number of carbonyl (C=O) groups excluding carboxylic acids is 2. The fraction of sp³-hybridized carbons (Fsp3) is 0.353. The zero-order valence-electron chi connectivity index (χ0n) is 13.6. The Balaban J connectivity index is 1.99. The van der Waals surface area contributed by atoms with Crippen molar-refractivity contribution in [2.45, 2.75) is 30.1 Å². The first-order valence-electron chi connectivity index (χ1n) is 7.80. The molecule has 0 fully saturated rings. The van der Waals surface area contributed by atoms with Crippen LogP contribution in [0, 0.1) is 0 Å². The molecule has 0 saturated carbocycles. The highest BCUT2D eigenvalue weighted by molar-refractivity contribution is 14.1. The molecule has 1 aromatic rings. The zero-order chi connectivity index (χ0) is 18.4. The van der Waals surface area contributed by atoms with Crippen LogP contribution in [0.4, 0.5) is 14.6 Å². The van der Waals surface area contributed by atoms with Crippen LogP contribution in [0.3, 0.4) is 0 Å². The number of halogens is 3. The van der Waals surface area contributed by atoms with Crippen molar-refractivity contribution in [2.24, 2.45) is 0 Å². The third-order valence-electron chi connectivity index (χ3n) is 3.60. The predicted octanol–water partition coefficient (Wildman–Crippen LogP) is 3.83. The molecule has 0 atom stereocenters. The van der Waals surface area contributed by atoms with Gasteiger partial charge in [0.05, 0.1) is 0 Å². The first-order valence-corrected chi connectivity index (χ1v) is 8.88. The summed E-state index contributed by atoms with van der Waals surface area (Å²) in [6, 6.07) is 3.00. The van der Waals surface area contributed by atoms with E-state index in [1.54, 1.807) is 6.92 Å². The van der Waals surface area contributed by atoms with Gasteiger partial charge in [-0.15, -0.1) is 0 Å². The lowest BCUT2D eigenvalue weighted by atomic mass is 9.99. The second kappa shape index (κ2) is 8.50. The smallest absolute Gasteiger partial charge is 0.321 e. The lowest BCUT2D eigenvalue weighted by Crippen LogP contribution is -2.26. The molecule has 25 heavy (non-hydrogen) atoms. The fourth-order valence-corrected chi connectivity index (χ4v) is 2.64. The van der Waals surface area contributed by atoms with Crippen LogP contribution in [-0.2, 0) is 4.79 Å². The number of nitrogens with one attached hydrogen (secondary N) is 2. The Morgan fingerprint density at radius 3 is 2.84 bits per heavy atom. The van der Waals surface area contributed by atoms with Gasteiger partial charge in [-0.25, -0.2) is 4.98 Å². The van der Waals surface area contributed by atoms with Gasteiger partial charge in [0.1, 0.15) is 5.82 Å². The van der Waals surface area contributed by atoms with Crippen LogP contribution in [0.5, 0.6) is 0 Å². The first-order chi connectivity index (χ1) is 11.8. The summed E-state index contributed by atoms with van der Waals surface area (Å²) in [4.78, 5) is 27.6. The topological polar surface area (TPSA) is 71.1 Å². The molecule has 8 heteroatoms. The Labute approximate surface area is 158 Å². The molecule has 0 aromatic carbocycles. The fourth-order valence-electron chi connectivity index (χ4n) is 2.27. The number of alkyl halides is 3. The quantitative estimate of drug-likeness (QED) is 0.500. The van der Waals surface area contributed by atoms with Crippen molar-refractivity contribution < 1.29 is 18.4 Å². The van der Waals surface area contributed by atoms with E-state index >= 15 is 0 Å². The molecule has 2 rings (SSSR count). The minimum atomic E-state index is -2.91. The second-order valence-corrected chi connectivity index (χ2v) is 6.87. The summed E-state index contributed by atoms with van der Waals surface area (Å²) in [6.45, 7) is 1.91. The van der Waals surface area contributed by atoms with Crippen LogP contribution in [0.2, 0.25) is 0 Å². The van der Waals surface area contributed by atoms with E-state index in [-0.39, 0.29) is 23.9 Å². The SMILES string of the molecule is CCC(=O)Nc1cc(C(=O)NCC2=CC(C(F)(F)I)=CCC2)ccn1. The molecule has 1 aromatic heterocycles. The summed E-state index contributed by atoms with van der Waals surface area (Å²) < 4.78 is 23.8. The number of hydrogen-bond acceptors (Lipinski definition) is 3. The van der Waals surface area contributed by atoms with E-state index in [1.807, 2.05) is 0 Å². The number of anilines is 1. The molecule has 1 heterocycles. The summed E-state index contributed by atoms with van der Waals surface area (Å²) in [5.74, 6) is -0.254.